The molecular weight excluding hydrogens is 148 g/mol. The third kappa shape index (κ3) is 0.978. The van der Waals surface area contributed by atoms with E-state index >= 15 is 0 Å². The van der Waals surface area contributed by atoms with Gasteiger partial charge >= 0.3 is 0 Å². The van der Waals surface area contributed by atoms with Crippen LogP contribution in [-0.2, 0) is 10.3 Å². The molecule has 1 saturated heterocycles. The van der Waals surface area contributed by atoms with Gasteiger partial charge in [-0.05, 0) is 12.5 Å². The second-order valence-electron chi connectivity index (χ2n) is 3.25. The Balaban J connectivity index is 2.28. The van der Waals surface area contributed by atoms with Crippen molar-refractivity contribution in [2.24, 2.45) is 0 Å². The van der Waals surface area contributed by atoms with Gasteiger partial charge < -0.3 is 4.74 Å². The van der Waals surface area contributed by atoms with Gasteiger partial charge in [0.1, 0.15) is 11.7 Å². The molecule has 0 saturated carbocycles. The third-order valence-corrected chi connectivity index (χ3v) is 2.42. The Morgan fingerprint density at radius 2 is 2.08 bits per heavy atom. The SMILES string of the molecule is C=CC1O[C@]1(C)c1ccccc1. The van der Waals surface area contributed by atoms with Gasteiger partial charge in [0.2, 0.25) is 0 Å². The molecule has 1 heteroatoms. The van der Waals surface area contributed by atoms with Crippen molar-refractivity contribution in [3.05, 3.63) is 48.6 Å². The normalized spacial score (nSPS) is 32.9. The third-order valence-electron chi connectivity index (χ3n) is 2.42. The summed E-state index contributed by atoms with van der Waals surface area (Å²) in [5.74, 6) is 0. The monoisotopic (exact) mass is 160 g/mol. The summed E-state index contributed by atoms with van der Waals surface area (Å²) in [6.45, 7) is 5.81. The van der Waals surface area contributed by atoms with E-state index in [2.05, 4.69) is 25.6 Å². The molecule has 1 aromatic rings. The lowest BCUT2D eigenvalue weighted by atomic mass is 9.98. The number of benzene rings is 1. The predicted molar refractivity (Wildman–Crippen MR) is 48.9 cm³/mol. The van der Waals surface area contributed by atoms with Gasteiger partial charge in [0, 0.05) is 0 Å². The minimum atomic E-state index is -0.108. The highest BCUT2D eigenvalue weighted by atomic mass is 16.6. The lowest BCUT2D eigenvalue weighted by Gasteiger charge is -2.04. The molecular formula is C11H12O. The average Bonchev–Trinajstić information content (AvgIpc) is 2.81. The Bertz CT molecular complexity index is 291. The lowest BCUT2D eigenvalue weighted by Crippen LogP contribution is -2.05. The number of rotatable bonds is 2. The Kier molecular flexibility index (Phi) is 1.55. The number of ether oxygens (including phenoxy) is 1. The van der Waals surface area contributed by atoms with E-state index < -0.39 is 0 Å². The van der Waals surface area contributed by atoms with Crippen molar-refractivity contribution in [1.29, 1.82) is 0 Å². The fourth-order valence-corrected chi connectivity index (χ4v) is 1.50. The summed E-state index contributed by atoms with van der Waals surface area (Å²) in [4.78, 5) is 0. The van der Waals surface area contributed by atoms with Gasteiger partial charge in [0.05, 0.1) is 0 Å². The molecule has 2 atom stereocenters. The average molecular weight is 160 g/mol. The molecule has 1 aliphatic rings. The molecule has 12 heavy (non-hydrogen) atoms. The summed E-state index contributed by atoms with van der Waals surface area (Å²) in [6.07, 6.45) is 2.05. The summed E-state index contributed by atoms with van der Waals surface area (Å²) < 4.78 is 5.52. The number of hydrogen-bond donors (Lipinski definition) is 0. The van der Waals surface area contributed by atoms with Gasteiger partial charge in [0.25, 0.3) is 0 Å². The van der Waals surface area contributed by atoms with Crippen molar-refractivity contribution in [2.75, 3.05) is 0 Å². The highest BCUT2D eigenvalue weighted by Gasteiger charge is 2.51. The number of epoxide rings is 1. The predicted octanol–water partition coefficient (Wildman–Crippen LogP) is 2.49. The Labute approximate surface area is 72.7 Å². The molecule has 0 bridgehead atoms. The summed E-state index contributed by atoms with van der Waals surface area (Å²) >= 11 is 0. The van der Waals surface area contributed by atoms with Crippen LogP contribution in [0.4, 0.5) is 0 Å². The molecule has 0 spiro atoms. The molecule has 0 N–H and O–H groups in total. The quantitative estimate of drug-likeness (QED) is 0.478. The van der Waals surface area contributed by atoms with E-state index in [0.717, 1.165) is 0 Å². The first kappa shape index (κ1) is 7.56. The fraction of sp³-hybridized carbons (Fsp3) is 0.273. The van der Waals surface area contributed by atoms with E-state index in [9.17, 15) is 0 Å². The molecule has 1 heterocycles. The van der Waals surface area contributed by atoms with Gasteiger partial charge in [-0.2, -0.15) is 0 Å². The number of hydrogen-bond acceptors (Lipinski definition) is 1. The maximum absolute atomic E-state index is 5.52. The highest BCUT2D eigenvalue weighted by molar-refractivity contribution is 5.30. The topological polar surface area (TPSA) is 12.5 Å². The molecule has 0 amide bonds. The molecule has 1 unspecified atom stereocenters. The minimum absolute atomic E-state index is 0.108. The molecule has 1 nitrogen and oxygen atoms in total. The zero-order valence-electron chi connectivity index (χ0n) is 7.16. The fourth-order valence-electron chi connectivity index (χ4n) is 1.50. The van der Waals surface area contributed by atoms with E-state index in [0.29, 0.717) is 0 Å². The van der Waals surface area contributed by atoms with Crippen LogP contribution in [0, 0.1) is 0 Å². The van der Waals surface area contributed by atoms with Crippen LogP contribution in [0.5, 0.6) is 0 Å². The Hall–Kier alpha value is -1.08. The minimum Gasteiger partial charge on any atom is -0.357 e. The molecule has 0 radical (unpaired) electrons. The van der Waals surface area contributed by atoms with Crippen molar-refractivity contribution in [3.8, 4) is 0 Å². The second-order valence-corrected chi connectivity index (χ2v) is 3.25. The zero-order valence-corrected chi connectivity index (χ0v) is 7.16. The van der Waals surface area contributed by atoms with Crippen molar-refractivity contribution in [1.82, 2.24) is 0 Å². The van der Waals surface area contributed by atoms with E-state index in [1.165, 1.54) is 5.56 Å². The van der Waals surface area contributed by atoms with Crippen molar-refractivity contribution >= 4 is 0 Å². The van der Waals surface area contributed by atoms with Crippen LogP contribution >= 0.6 is 0 Å². The highest BCUT2D eigenvalue weighted by Crippen LogP contribution is 2.46. The van der Waals surface area contributed by atoms with Crippen molar-refractivity contribution in [2.45, 2.75) is 18.6 Å². The maximum Gasteiger partial charge on any atom is 0.121 e. The second kappa shape index (κ2) is 2.46. The van der Waals surface area contributed by atoms with Crippen molar-refractivity contribution in [3.63, 3.8) is 0 Å². The van der Waals surface area contributed by atoms with E-state index in [-0.39, 0.29) is 11.7 Å². The lowest BCUT2D eigenvalue weighted by molar-refractivity contribution is 0.320. The van der Waals surface area contributed by atoms with E-state index in [1.54, 1.807) is 0 Å². The summed E-state index contributed by atoms with van der Waals surface area (Å²) in [5.41, 5.74) is 1.12. The smallest absolute Gasteiger partial charge is 0.121 e. The maximum atomic E-state index is 5.52. The van der Waals surface area contributed by atoms with Crippen LogP contribution in [0.2, 0.25) is 0 Å². The summed E-state index contributed by atoms with van der Waals surface area (Å²) in [5, 5.41) is 0. The first-order valence-electron chi connectivity index (χ1n) is 4.13. The molecule has 0 aliphatic carbocycles. The van der Waals surface area contributed by atoms with E-state index in [1.807, 2.05) is 24.3 Å². The van der Waals surface area contributed by atoms with Crippen LogP contribution in [0.15, 0.2) is 43.0 Å². The Morgan fingerprint density at radius 1 is 1.42 bits per heavy atom. The standard InChI is InChI=1S/C11H12O/c1-3-10-11(2,12-10)9-7-5-4-6-8-9/h3-8,10H,1H2,2H3/t10?,11-/m1/s1. The van der Waals surface area contributed by atoms with Gasteiger partial charge in [-0.3, -0.25) is 0 Å². The van der Waals surface area contributed by atoms with Gasteiger partial charge in [-0.1, -0.05) is 36.4 Å². The van der Waals surface area contributed by atoms with Gasteiger partial charge in [-0.15, -0.1) is 6.58 Å². The summed E-state index contributed by atoms with van der Waals surface area (Å²) in [7, 11) is 0. The molecule has 0 aromatic heterocycles. The Morgan fingerprint density at radius 3 is 2.58 bits per heavy atom. The van der Waals surface area contributed by atoms with E-state index in [4.69, 9.17) is 4.74 Å². The molecule has 1 fully saturated rings. The van der Waals surface area contributed by atoms with Crippen molar-refractivity contribution < 1.29 is 4.74 Å². The zero-order chi connectivity index (χ0) is 8.60. The van der Waals surface area contributed by atoms with Gasteiger partial charge in [0.15, 0.2) is 0 Å². The van der Waals surface area contributed by atoms with Crippen LogP contribution in [0.3, 0.4) is 0 Å². The molecule has 1 aromatic carbocycles. The van der Waals surface area contributed by atoms with Crippen LogP contribution in [-0.4, -0.2) is 6.10 Å². The van der Waals surface area contributed by atoms with Crippen LogP contribution < -0.4 is 0 Å². The first-order valence-corrected chi connectivity index (χ1v) is 4.13. The molecule has 2 rings (SSSR count). The largest absolute Gasteiger partial charge is 0.357 e. The first-order chi connectivity index (χ1) is 5.77. The van der Waals surface area contributed by atoms with Gasteiger partial charge in [-0.25, -0.2) is 0 Å². The van der Waals surface area contributed by atoms with Crippen LogP contribution in [0.25, 0.3) is 0 Å². The molecule has 1 aliphatic heterocycles. The van der Waals surface area contributed by atoms with Crippen LogP contribution in [0.1, 0.15) is 12.5 Å². The molecule has 62 valence electrons. The summed E-state index contributed by atoms with van der Waals surface area (Å²) in [6, 6.07) is 10.2.